The van der Waals surface area contributed by atoms with Crippen molar-refractivity contribution in [1.82, 2.24) is 14.8 Å². The van der Waals surface area contributed by atoms with Gasteiger partial charge >= 0.3 is 5.97 Å². The lowest BCUT2D eigenvalue weighted by atomic mass is 10.2. The first-order valence-electron chi connectivity index (χ1n) is 11.4. The number of aromatic nitrogens is 3. The molecule has 0 amide bonds. The third kappa shape index (κ3) is 5.64. The minimum absolute atomic E-state index is 0.0571. The van der Waals surface area contributed by atoms with E-state index in [0.717, 1.165) is 40.1 Å². The van der Waals surface area contributed by atoms with Crippen LogP contribution in [0.5, 0.6) is 11.5 Å². The molecule has 0 aliphatic heterocycles. The van der Waals surface area contributed by atoms with Crippen LogP contribution in [0.2, 0.25) is 0 Å². The van der Waals surface area contributed by atoms with E-state index < -0.39 is 5.97 Å². The largest absolute Gasteiger partial charge is 0.497 e. The zero-order valence-electron chi connectivity index (χ0n) is 21.5. The Bertz CT molecular complexity index is 1430. The van der Waals surface area contributed by atoms with Gasteiger partial charge in [0.25, 0.3) is 5.22 Å². The number of aliphatic carboxylic acids is 1. The van der Waals surface area contributed by atoms with Gasteiger partial charge in [0.1, 0.15) is 16.4 Å². The summed E-state index contributed by atoms with van der Waals surface area (Å²) in [5, 5.41) is 18.1. The lowest BCUT2D eigenvalue weighted by Crippen LogP contribution is -2.08. The molecule has 9 nitrogen and oxygen atoms in total. The number of carboxylic acid groups (broad SMARTS) is 1. The first-order valence-corrected chi connectivity index (χ1v) is 12.2. The molecule has 0 fully saturated rings. The zero-order chi connectivity index (χ0) is 26.7. The number of hydrogen-bond donors (Lipinski definition) is 1. The minimum atomic E-state index is -1.09. The van der Waals surface area contributed by atoms with Crippen LogP contribution < -0.4 is 14.4 Å². The van der Waals surface area contributed by atoms with Crippen LogP contribution >= 0.6 is 11.8 Å². The summed E-state index contributed by atoms with van der Waals surface area (Å²) in [6.45, 7) is 3.95. The molecule has 10 heteroatoms. The van der Waals surface area contributed by atoms with Crippen LogP contribution in [0.3, 0.4) is 0 Å². The molecule has 2 aromatic heterocycles. The second-order valence-corrected chi connectivity index (χ2v) is 9.46. The molecule has 0 unspecified atom stereocenters. The highest BCUT2D eigenvalue weighted by molar-refractivity contribution is 8.03. The second-order valence-electron chi connectivity index (χ2n) is 8.46. The highest BCUT2D eigenvalue weighted by Crippen LogP contribution is 2.34. The molecule has 2 heterocycles. The summed E-state index contributed by atoms with van der Waals surface area (Å²) in [5.74, 6) is 0.274. The summed E-state index contributed by atoms with van der Waals surface area (Å²) in [7, 11) is 7.09. The maximum absolute atomic E-state index is 12.1. The topological polar surface area (TPSA) is 103 Å². The number of anilines is 1. The summed E-state index contributed by atoms with van der Waals surface area (Å²) < 4.78 is 18.4. The smallest absolute Gasteiger partial charge is 0.342 e. The van der Waals surface area contributed by atoms with Crippen LogP contribution in [0.15, 0.2) is 63.1 Å². The summed E-state index contributed by atoms with van der Waals surface area (Å²) in [6.07, 6.45) is 1.62. The molecule has 4 rings (SSSR count). The number of nitrogens with zero attached hydrogens (tertiary/aromatic N) is 4. The number of thioether (sulfide) groups is 1. The molecule has 0 radical (unpaired) electrons. The van der Waals surface area contributed by atoms with Gasteiger partial charge in [-0.15, -0.1) is 10.2 Å². The molecule has 0 saturated heterocycles. The minimum Gasteiger partial charge on any atom is -0.497 e. The maximum atomic E-state index is 12.1. The normalized spacial score (nSPS) is 11.5. The van der Waals surface area contributed by atoms with Gasteiger partial charge in [-0.05, 0) is 79.7 Å². The summed E-state index contributed by atoms with van der Waals surface area (Å²) in [5.41, 5.74) is 5.39. The molecule has 0 atom stereocenters. The Morgan fingerprint density at radius 3 is 2.24 bits per heavy atom. The number of methoxy groups -OCH3 is 2. The van der Waals surface area contributed by atoms with Crippen molar-refractivity contribution in [3.05, 3.63) is 70.4 Å². The van der Waals surface area contributed by atoms with E-state index in [9.17, 15) is 9.90 Å². The number of benzene rings is 2. The first-order chi connectivity index (χ1) is 17.7. The highest BCUT2D eigenvalue weighted by atomic mass is 32.2. The van der Waals surface area contributed by atoms with Crippen molar-refractivity contribution in [3.8, 4) is 28.6 Å². The molecule has 4 aromatic rings. The Hall–Kier alpha value is -4.18. The molecule has 0 aliphatic rings. The molecule has 37 heavy (non-hydrogen) atoms. The number of ether oxygens (including phenoxy) is 2. The van der Waals surface area contributed by atoms with E-state index in [4.69, 9.17) is 13.9 Å². The van der Waals surface area contributed by atoms with E-state index in [1.54, 1.807) is 38.5 Å². The molecule has 0 bridgehead atoms. The van der Waals surface area contributed by atoms with Crippen molar-refractivity contribution in [3.63, 3.8) is 0 Å². The van der Waals surface area contributed by atoms with E-state index in [0.29, 0.717) is 17.1 Å². The second kappa shape index (κ2) is 10.8. The van der Waals surface area contributed by atoms with E-state index in [1.807, 2.05) is 63.2 Å². The van der Waals surface area contributed by atoms with Crippen LogP contribution in [0, 0.1) is 13.8 Å². The molecular formula is C27H28N4O5S. The standard InChI is InChI=1S/C27H28N4O5S/c1-16-11-18(17(2)31(16)21-9-7-20(8-10-21)30(3)4)14-24(26(32)33)37-27-29-28-25(36-27)19-12-22(34-5)15-23(13-19)35-6/h7-15H,1-6H3,(H,32,33)/b24-14+. The van der Waals surface area contributed by atoms with Gasteiger partial charge in [-0.1, -0.05) is 0 Å². The van der Waals surface area contributed by atoms with Crippen LogP contribution in [-0.4, -0.2) is 54.2 Å². The maximum Gasteiger partial charge on any atom is 0.342 e. The van der Waals surface area contributed by atoms with Crippen molar-refractivity contribution >= 4 is 29.5 Å². The lowest BCUT2D eigenvalue weighted by Gasteiger charge is -2.14. The van der Waals surface area contributed by atoms with Crippen molar-refractivity contribution in [1.29, 1.82) is 0 Å². The SMILES string of the molecule is COc1cc(OC)cc(-c2nnc(S/C(=C/c3cc(C)n(-c4ccc(N(C)C)cc4)c3C)C(=O)O)o2)c1. The third-order valence-corrected chi connectivity index (χ3v) is 6.65. The van der Waals surface area contributed by atoms with Gasteiger partial charge in [0.05, 0.1) is 14.2 Å². The van der Waals surface area contributed by atoms with Gasteiger partial charge in [-0.2, -0.15) is 0 Å². The molecule has 0 spiro atoms. The Labute approximate surface area is 219 Å². The van der Waals surface area contributed by atoms with Crippen molar-refractivity contribution < 1.29 is 23.8 Å². The van der Waals surface area contributed by atoms with Gasteiger partial charge < -0.3 is 28.5 Å². The third-order valence-electron chi connectivity index (χ3n) is 5.79. The quantitative estimate of drug-likeness (QED) is 0.228. The number of carbonyl (C=O) groups is 1. The number of rotatable bonds is 9. The predicted octanol–water partition coefficient (Wildman–Crippen LogP) is 5.45. The van der Waals surface area contributed by atoms with Crippen molar-refractivity contribution in [2.45, 2.75) is 19.1 Å². The monoisotopic (exact) mass is 520 g/mol. The van der Waals surface area contributed by atoms with Crippen LogP contribution in [-0.2, 0) is 4.79 Å². The van der Waals surface area contributed by atoms with Crippen molar-refractivity contribution in [2.75, 3.05) is 33.2 Å². The average Bonchev–Trinajstić information content (AvgIpc) is 3.47. The fraction of sp³-hybridized carbons (Fsp3) is 0.222. The fourth-order valence-electron chi connectivity index (χ4n) is 3.90. The Kier molecular flexibility index (Phi) is 7.58. The molecular weight excluding hydrogens is 492 g/mol. The van der Waals surface area contributed by atoms with E-state index in [1.165, 1.54) is 0 Å². The van der Waals surface area contributed by atoms with Gasteiger partial charge in [0.15, 0.2) is 0 Å². The lowest BCUT2D eigenvalue weighted by molar-refractivity contribution is -0.131. The van der Waals surface area contributed by atoms with Gasteiger partial charge in [0.2, 0.25) is 5.89 Å². The number of hydrogen-bond acceptors (Lipinski definition) is 8. The van der Waals surface area contributed by atoms with E-state index >= 15 is 0 Å². The van der Waals surface area contributed by atoms with Gasteiger partial charge in [-0.3, -0.25) is 0 Å². The molecule has 192 valence electrons. The predicted molar refractivity (Wildman–Crippen MR) is 144 cm³/mol. The van der Waals surface area contributed by atoms with Crippen LogP contribution in [0.4, 0.5) is 5.69 Å². The Morgan fingerprint density at radius 1 is 1.03 bits per heavy atom. The summed E-state index contributed by atoms with van der Waals surface area (Å²) in [4.78, 5) is 14.2. The van der Waals surface area contributed by atoms with E-state index in [-0.39, 0.29) is 16.0 Å². The zero-order valence-corrected chi connectivity index (χ0v) is 22.3. The van der Waals surface area contributed by atoms with Gasteiger partial charge in [-0.25, -0.2) is 4.79 Å². The molecule has 2 aromatic carbocycles. The van der Waals surface area contributed by atoms with Crippen LogP contribution in [0.1, 0.15) is 17.0 Å². The van der Waals surface area contributed by atoms with Crippen molar-refractivity contribution in [2.24, 2.45) is 0 Å². The summed E-state index contributed by atoms with van der Waals surface area (Å²) in [6, 6.07) is 15.3. The highest BCUT2D eigenvalue weighted by Gasteiger charge is 2.19. The number of carboxylic acids is 1. The molecule has 0 aliphatic carbocycles. The average molecular weight is 521 g/mol. The number of aryl methyl sites for hydroxylation is 1. The summed E-state index contributed by atoms with van der Waals surface area (Å²) >= 11 is 0.896. The first kappa shape index (κ1) is 25.9. The van der Waals surface area contributed by atoms with Gasteiger partial charge in [0, 0.05) is 48.5 Å². The fourth-order valence-corrected chi connectivity index (χ4v) is 4.56. The Balaban J connectivity index is 1.63. The van der Waals surface area contributed by atoms with E-state index in [2.05, 4.69) is 14.8 Å². The molecule has 0 saturated carbocycles. The van der Waals surface area contributed by atoms with Crippen LogP contribution in [0.25, 0.3) is 23.2 Å². The molecule has 1 N–H and O–H groups in total. The Morgan fingerprint density at radius 2 is 1.68 bits per heavy atom.